The number of nitrogens with two attached hydrogens (primary N) is 1. The molecule has 2 aromatic rings. The molecule has 1 aliphatic heterocycles. The van der Waals surface area contributed by atoms with Crippen LogP contribution in [0.15, 0.2) is 42.5 Å². The van der Waals surface area contributed by atoms with Crippen molar-refractivity contribution in [2.24, 2.45) is 0 Å². The van der Waals surface area contributed by atoms with Crippen LogP contribution in [-0.2, 0) is 0 Å². The van der Waals surface area contributed by atoms with Crippen LogP contribution in [0.4, 0.5) is 22.7 Å². The lowest BCUT2D eigenvalue weighted by Crippen LogP contribution is -2.36. The van der Waals surface area contributed by atoms with Crippen molar-refractivity contribution in [3.05, 3.63) is 48.0 Å². The summed E-state index contributed by atoms with van der Waals surface area (Å²) < 4.78 is 0. The van der Waals surface area contributed by atoms with Crippen LogP contribution in [0, 0.1) is 0 Å². The molecule has 4 nitrogen and oxygen atoms in total. The highest BCUT2D eigenvalue weighted by Gasteiger charge is 2.21. The van der Waals surface area contributed by atoms with Gasteiger partial charge in [0.05, 0.1) is 11.4 Å². The number of nitrogen functional groups attached to an aromatic ring is 1. The molecule has 0 atom stereocenters. The van der Waals surface area contributed by atoms with Crippen LogP contribution in [0.25, 0.3) is 0 Å². The number of nitrogens with zero attached hydrogens (tertiary/aromatic N) is 2. The summed E-state index contributed by atoms with van der Waals surface area (Å²) in [4.78, 5) is 16.0. The van der Waals surface area contributed by atoms with E-state index >= 15 is 0 Å². The second-order valence-electron chi connectivity index (χ2n) is 5.39. The number of para-hydroxylation sites is 2. The van der Waals surface area contributed by atoms with Crippen LogP contribution >= 0.6 is 0 Å². The number of carbonyl (C=O) groups is 1. The molecule has 0 saturated carbocycles. The van der Waals surface area contributed by atoms with Gasteiger partial charge in [-0.2, -0.15) is 0 Å². The standard InChI is InChI=1S/C17H19N3O/c1-12(21)14-8-7-13(11-15(14)18)20-10-9-19(2)16-5-3-4-6-17(16)20/h3-8,11H,9-10,18H2,1-2H3. The second kappa shape index (κ2) is 5.13. The summed E-state index contributed by atoms with van der Waals surface area (Å²) in [5.74, 6) is -0.00201. The van der Waals surface area contributed by atoms with Gasteiger partial charge in [0.15, 0.2) is 5.78 Å². The Morgan fingerprint density at radius 1 is 1.10 bits per heavy atom. The number of fused-ring (bicyclic) bond motifs is 1. The first kappa shape index (κ1) is 13.5. The molecule has 0 aliphatic carbocycles. The van der Waals surface area contributed by atoms with E-state index in [9.17, 15) is 4.79 Å². The number of likely N-dealkylation sites (N-methyl/N-ethyl adjacent to an activating group) is 1. The fourth-order valence-corrected chi connectivity index (χ4v) is 2.81. The third-order valence-electron chi connectivity index (χ3n) is 3.97. The minimum atomic E-state index is -0.00201. The van der Waals surface area contributed by atoms with Gasteiger partial charge in [-0.1, -0.05) is 12.1 Å². The molecule has 4 heteroatoms. The lowest BCUT2D eigenvalue weighted by molar-refractivity contribution is 0.101. The Morgan fingerprint density at radius 2 is 1.81 bits per heavy atom. The number of ketones is 1. The second-order valence-corrected chi connectivity index (χ2v) is 5.39. The van der Waals surface area contributed by atoms with Gasteiger partial charge in [0.25, 0.3) is 0 Å². The average Bonchev–Trinajstić information content (AvgIpc) is 2.47. The van der Waals surface area contributed by atoms with Crippen LogP contribution in [0.3, 0.4) is 0 Å². The summed E-state index contributed by atoms with van der Waals surface area (Å²) in [5, 5.41) is 0. The highest BCUT2D eigenvalue weighted by molar-refractivity contribution is 6.00. The number of hydrogen-bond donors (Lipinski definition) is 1. The van der Waals surface area contributed by atoms with Crippen LogP contribution in [-0.4, -0.2) is 25.9 Å². The van der Waals surface area contributed by atoms with E-state index < -0.39 is 0 Å². The zero-order valence-corrected chi connectivity index (χ0v) is 12.3. The highest BCUT2D eigenvalue weighted by atomic mass is 16.1. The number of benzene rings is 2. The van der Waals surface area contributed by atoms with E-state index in [0.29, 0.717) is 11.3 Å². The maximum absolute atomic E-state index is 11.5. The molecule has 3 rings (SSSR count). The van der Waals surface area contributed by atoms with Crippen molar-refractivity contribution in [3.8, 4) is 0 Å². The van der Waals surface area contributed by atoms with Crippen molar-refractivity contribution >= 4 is 28.5 Å². The van der Waals surface area contributed by atoms with Crippen molar-refractivity contribution in [2.45, 2.75) is 6.92 Å². The summed E-state index contributed by atoms with van der Waals surface area (Å²) in [7, 11) is 2.10. The summed E-state index contributed by atoms with van der Waals surface area (Å²) in [6.07, 6.45) is 0. The fourth-order valence-electron chi connectivity index (χ4n) is 2.81. The Balaban J connectivity index is 2.04. The van der Waals surface area contributed by atoms with Gasteiger partial charge in [0.2, 0.25) is 0 Å². The molecule has 2 N–H and O–H groups in total. The predicted molar refractivity (Wildman–Crippen MR) is 87.6 cm³/mol. The molecule has 0 bridgehead atoms. The number of Topliss-reactive ketones (excluding diaryl/α,β-unsaturated/α-hetero) is 1. The summed E-state index contributed by atoms with van der Waals surface area (Å²) in [6.45, 7) is 3.38. The van der Waals surface area contributed by atoms with E-state index in [1.807, 2.05) is 30.3 Å². The van der Waals surface area contributed by atoms with Gasteiger partial charge in [-0.25, -0.2) is 0 Å². The topological polar surface area (TPSA) is 49.6 Å². The molecule has 0 radical (unpaired) electrons. The first-order valence-corrected chi connectivity index (χ1v) is 7.06. The van der Waals surface area contributed by atoms with Gasteiger partial charge in [-0.15, -0.1) is 0 Å². The van der Waals surface area contributed by atoms with E-state index in [4.69, 9.17) is 5.73 Å². The maximum Gasteiger partial charge on any atom is 0.161 e. The van der Waals surface area contributed by atoms with Crippen molar-refractivity contribution < 1.29 is 4.79 Å². The van der Waals surface area contributed by atoms with Gasteiger partial charge >= 0.3 is 0 Å². The Kier molecular flexibility index (Phi) is 3.29. The number of carbonyl (C=O) groups excluding carboxylic acids is 1. The minimum absolute atomic E-state index is 0.00201. The molecule has 21 heavy (non-hydrogen) atoms. The van der Waals surface area contributed by atoms with Crippen molar-refractivity contribution in [1.82, 2.24) is 0 Å². The maximum atomic E-state index is 11.5. The van der Waals surface area contributed by atoms with Crippen LogP contribution in [0.2, 0.25) is 0 Å². The van der Waals surface area contributed by atoms with Gasteiger partial charge in [0.1, 0.15) is 0 Å². The first-order valence-electron chi connectivity index (χ1n) is 7.06. The third kappa shape index (κ3) is 2.33. The van der Waals surface area contributed by atoms with E-state index in [1.54, 1.807) is 0 Å². The molecule has 0 amide bonds. The molecule has 0 fully saturated rings. The Labute approximate surface area is 124 Å². The lowest BCUT2D eigenvalue weighted by Gasteiger charge is -2.37. The number of anilines is 4. The number of hydrogen-bond acceptors (Lipinski definition) is 4. The Bertz CT molecular complexity index is 696. The van der Waals surface area contributed by atoms with Crippen molar-refractivity contribution in [2.75, 3.05) is 35.7 Å². The summed E-state index contributed by atoms with van der Waals surface area (Å²) in [5.41, 5.74) is 10.5. The van der Waals surface area contributed by atoms with Gasteiger partial charge in [-0.3, -0.25) is 4.79 Å². The smallest absolute Gasteiger partial charge is 0.161 e. The molecular formula is C17H19N3O. The molecular weight excluding hydrogens is 262 g/mol. The van der Waals surface area contributed by atoms with Crippen LogP contribution < -0.4 is 15.5 Å². The van der Waals surface area contributed by atoms with Gasteiger partial charge in [0, 0.05) is 37.1 Å². The minimum Gasteiger partial charge on any atom is -0.398 e. The predicted octanol–water partition coefficient (Wildman–Crippen LogP) is 3.06. The quantitative estimate of drug-likeness (QED) is 0.679. The van der Waals surface area contributed by atoms with Crippen LogP contribution in [0.1, 0.15) is 17.3 Å². The first-order chi connectivity index (χ1) is 10.1. The molecule has 2 aromatic carbocycles. The molecule has 108 valence electrons. The molecule has 0 spiro atoms. The zero-order chi connectivity index (χ0) is 15.0. The SMILES string of the molecule is CC(=O)c1ccc(N2CCN(C)c3ccccc32)cc1N. The van der Waals surface area contributed by atoms with E-state index in [1.165, 1.54) is 18.3 Å². The van der Waals surface area contributed by atoms with Crippen molar-refractivity contribution in [3.63, 3.8) is 0 Å². The fraction of sp³-hybridized carbons (Fsp3) is 0.235. The van der Waals surface area contributed by atoms with Gasteiger partial charge < -0.3 is 15.5 Å². The van der Waals surface area contributed by atoms with Crippen molar-refractivity contribution in [1.29, 1.82) is 0 Å². The summed E-state index contributed by atoms with van der Waals surface area (Å²) >= 11 is 0. The third-order valence-corrected chi connectivity index (χ3v) is 3.97. The number of rotatable bonds is 2. The van der Waals surface area contributed by atoms with E-state index in [0.717, 1.165) is 18.8 Å². The zero-order valence-electron chi connectivity index (χ0n) is 12.3. The van der Waals surface area contributed by atoms with E-state index in [-0.39, 0.29) is 5.78 Å². The average molecular weight is 281 g/mol. The van der Waals surface area contributed by atoms with E-state index in [2.05, 4.69) is 29.0 Å². The monoisotopic (exact) mass is 281 g/mol. The molecule has 0 aromatic heterocycles. The highest BCUT2D eigenvalue weighted by Crippen LogP contribution is 2.37. The normalized spacial score (nSPS) is 14.0. The Hall–Kier alpha value is -2.49. The summed E-state index contributed by atoms with van der Waals surface area (Å²) in [6, 6.07) is 14.0. The lowest BCUT2D eigenvalue weighted by atomic mass is 10.1. The molecule has 1 heterocycles. The molecule has 1 aliphatic rings. The van der Waals surface area contributed by atoms with Crippen LogP contribution in [0.5, 0.6) is 0 Å². The molecule has 0 saturated heterocycles. The molecule has 0 unspecified atom stereocenters. The largest absolute Gasteiger partial charge is 0.398 e. The Morgan fingerprint density at radius 3 is 2.48 bits per heavy atom. The van der Waals surface area contributed by atoms with Gasteiger partial charge in [-0.05, 0) is 37.3 Å².